The first-order chi connectivity index (χ1) is 9.27. The molecular weight excluding hydrogens is 295 g/mol. The lowest BCUT2D eigenvalue weighted by Gasteiger charge is -2.06. The number of carbonyl (C=O) groups excluding carboxylic acids is 1. The van der Waals surface area contributed by atoms with Crippen molar-refractivity contribution in [3.05, 3.63) is 16.4 Å². The van der Waals surface area contributed by atoms with Crippen LogP contribution in [0.3, 0.4) is 0 Å². The van der Waals surface area contributed by atoms with Gasteiger partial charge in [-0.3, -0.25) is 9.48 Å². The number of carbonyl (C=O) groups is 1. The number of hydrogen-bond acceptors (Lipinski definition) is 2. The molecule has 0 atom stereocenters. The molecule has 114 valence electrons. The van der Waals surface area contributed by atoms with Crippen molar-refractivity contribution in [1.29, 1.82) is 0 Å². The van der Waals surface area contributed by atoms with Crippen molar-refractivity contribution in [2.45, 2.75) is 45.8 Å². The van der Waals surface area contributed by atoms with Gasteiger partial charge >= 0.3 is 6.18 Å². The first kappa shape index (κ1) is 16.8. The molecule has 0 saturated heterocycles. The highest BCUT2D eigenvalue weighted by atomic mass is 35.5. The van der Waals surface area contributed by atoms with Gasteiger partial charge in [-0.15, -0.1) is 0 Å². The maximum atomic E-state index is 12.6. The van der Waals surface area contributed by atoms with E-state index in [1.165, 1.54) is 6.92 Å². The molecule has 4 nitrogen and oxygen atoms in total. The van der Waals surface area contributed by atoms with Gasteiger partial charge in [-0.25, -0.2) is 0 Å². The fourth-order valence-electron chi connectivity index (χ4n) is 1.62. The Hall–Kier alpha value is -1.24. The normalized spacial score (nSPS) is 11.7. The average Bonchev–Trinajstić information content (AvgIpc) is 2.64. The molecule has 0 saturated carbocycles. The molecule has 0 aliphatic heterocycles. The van der Waals surface area contributed by atoms with Crippen LogP contribution in [0.1, 0.15) is 37.6 Å². The van der Waals surface area contributed by atoms with Gasteiger partial charge in [-0.1, -0.05) is 24.9 Å². The summed E-state index contributed by atoms with van der Waals surface area (Å²) in [7, 11) is 0. The summed E-state index contributed by atoms with van der Waals surface area (Å²) in [6, 6.07) is 0. The number of nitrogens with one attached hydrogen (secondary N) is 1. The summed E-state index contributed by atoms with van der Waals surface area (Å²) in [6.07, 6.45) is -2.68. The Morgan fingerprint density at radius 2 is 2.10 bits per heavy atom. The summed E-state index contributed by atoms with van der Waals surface area (Å²) in [5.41, 5.74) is -0.900. The fourth-order valence-corrected chi connectivity index (χ4v) is 1.87. The third-order valence-electron chi connectivity index (χ3n) is 2.81. The van der Waals surface area contributed by atoms with Crippen LogP contribution in [0.15, 0.2) is 0 Å². The van der Waals surface area contributed by atoms with Gasteiger partial charge in [0.2, 0.25) is 5.91 Å². The number of unbranched alkanes of at least 4 members (excludes halogenated alkanes) is 1. The van der Waals surface area contributed by atoms with Gasteiger partial charge in [0.05, 0.1) is 17.3 Å². The van der Waals surface area contributed by atoms with E-state index in [2.05, 4.69) is 10.4 Å². The second-order valence-corrected chi connectivity index (χ2v) is 4.80. The Morgan fingerprint density at radius 1 is 1.45 bits per heavy atom. The van der Waals surface area contributed by atoms with E-state index in [0.29, 0.717) is 6.54 Å². The number of halogens is 4. The maximum Gasteiger partial charge on any atom is 0.436 e. The van der Waals surface area contributed by atoms with Crippen LogP contribution in [0.4, 0.5) is 13.2 Å². The highest BCUT2D eigenvalue weighted by Crippen LogP contribution is 2.35. The van der Waals surface area contributed by atoms with Crippen LogP contribution in [-0.4, -0.2) is 22.2 Å². The van der Waals surface area contributed by atoms with Crippen molar-refractivity contribution >= 4 is 17.5 Å². The summed E-state index contributed by atoms with van der Waals surface area (Å²) < 4.78 is 38.9. The third-order valence-corrected chi connectivity index (χ3v) is 3.26. The molecular formula is C12H17ClF3N3O. The van der Waals surface area contributed by atoms with E-state index in [1.54, 1.807) is 0 Å². The molecule has 0 bridgehead atoms. The molecule has 1 rings (SSSR count). The number of hydrogen-bond donors (Lipinski definition) is 1. The Bertz CT molecular complexity index is 471. The zero-order valence-corrected chi connectivity index (χ0v) is 12.1. The lowest BCUT2D eigenvalue weighted by atomic mass is 10.3. The molecule has 0 unspecified atom stereocenters. The predicted octanol–water partition coefficient (Wildman–Crippen LogP) is 3.17. The summed E-state index contributed by atoms with van der Waals surface area (Å²) in [4.78, 5) is 11.5. The van der Waals surface area contributed by atoms with Crippen LogP contribution < -0.4 is 5.32 Å². The van der Waals surface area contributed by atoms with Gasteiger partial charge in [0, 0.05) is 13.0 Å². The van der Waals surface area contributed by atoms with Crippen molar-refractivity contribution in [3.8, 4) is 0 Å². The van der Waals surface area contributed by atoms with Gasteiger partial charge in [0.1, 0.15) is 0 Å². The molecule has 0 aromatic carbocycles. The Kier molecular flexibility index (Phi) is 5.86. The largest absolute Gasteiger partial charge is 0.436 e. The molecule has 1 amide bonds. The molecule has 1 aromatic rings. The number of rotatable bonds is 6. The van der Waals surface area contributed by atoms with E-state index < -0.39 is 16.9 Å². The van der Waals surface area contributed by atoms with Gasteiger partial charge < -0.3 is 5.32 Å². The SMILES string of the molecule is CCCCNC(=O)CCn1nc(C(F)(F)F)c(Cl)c1C. The second-order valence-electron chi connectivity index (χ2n) is 4.42. The van der Waals surface area contributed by atoms with Crippen molar-refractivity contribution < 1.29 is 18.0 Å². The zero-order valence-electron chi connectivity index (χ0n) is 11.4. The number of nitrogens with zero attached hydrogens (tertiary/aromatic N) is 2. The summed E-state index contributed by atoms with van der Waals surface area (Å²) in [6.45, 7) is 4.08. The fraction of sp³-hybridized carbons (Fsp3) is 0.667. The van der Waals surface area contributed by atoms with Crippen molar-refractivity contribution in [1.82, 2.24) is 15.1 Å². The Balaban J connectivity index is 2.63. The van der Waals surface area contributed by atoms with Crippen LogP contribution in [-0.2, 0) is 17.5 Å². The van der Waals surface area contributed by atoms with Crippen molar-refractivity contribution in [2.75, 3.05) is 6.54 Å². The van der Waals surface area contributed by atoms with E-state index in [9.17, 15) is 18.0 Å². The maximum absolute atomic E-state index is 12.6. The number of amides is 1. The van der Waals surface area contributed by atoms with Crippen molar-refractivity contribution in [2.24, 2.45) is 0 Å². The molecule has 1 N–H and O–H groups in total. The quantitative estimate of drug-likeness (QED) is 0.820. The van der Waals surface area contributed by atoms with Gasteiger partial charge in [0.15, 0.2) is 5.69 Å². The molecule has 0 aliphatic carbocycles. The van der Waals surface area contributed by atoms with E-state index in [0.717, 1.165) is 17.5 Å². The minimum atomic E-state index is -4.59. The molecule has 0 radical (unpaired) electrons. The van der Waals surface area contributed by atoms with Crippen LogP contribution in [0.2, 0.25) is 5.02 Å². The lowest BCUT2D eigenvalue weighted by Crippen LogP contribution is -2.25. The van der Waals surface area contributed by atoms with E-state index in [1.807, 2.05) is 6.92 Å². The molecule has 20 heavy (non-hydrogen) atoms. The highest BCUT2D eigenvalue weighted by Gasteiger charge is 2.38. The highest BCUT2D eigenvalue weighted by molar-refractivity contribution is 6.31. The van der Waals surface area contributed by atoms with Gasteiger partial charge in [0.25, 0.3) is 0 Å². The minimum Gasteiger partial charge on any atom is -0.356 e. The first-order valence-electron chi connectivity index (χ1n) is 6.34. The zero-order chi connectivity index (χ0) is 15.3. The van der Waals surface area contributed by atoms with Gasteiger partial charge in [-0.05, 0) is 13.3 Å². The number of aromatic nitrogens is 2. The standard InChI is InChI=1S/C12H17ClF3N3O/c1-3-4-6-17-9(20)5-7-19-8(2)10(13)11(18-19)12(14,15)16/h3-7H2,1-2H3,(H,17,20). The smallest absolute Gasteiger partial charge is 0.356 e. The molecule has 0 fully saturated rings. The second kappa shape index (κ2) is 6.97. The molecule has 8 heteroatoms. The van der Waals surface area contributed by atoms with E-state index >= 15 is 0 Å². The van der Waals surface area contributed by atoms with Gasteiger partial charge in [-0.2, -0.15) is 18.3 Å². The molecule has 1 heterocycles. The monoisotopic (exact) mass is 311 g/mol. The third kappa shape index (κ3) is 4.40. The molecule has 0 aliphatic rings. The van der Waals surface area contributed by atoms with Crippen LogP contribution in [0, 0.1) is 6.92 Å². The van der Waals surface area contributed by atoms with E-state index in [4.69, 9.17) is 11.6 Å². The van der Waals surface area contributed by atoms with Crippen LogP contribution >= 0.6 is 11.6 Å². The average molecular weight is 312 g/mol. The Morgan fingerprint density at radius 3 is 2.60 bits per heavy atom. The van der Waals surface area contributed by atoms with Crippen LogP contribution in [0.25, 0.3) is 0 Å². The number of alkyl halides is 3. The van der Waals surface area contributed by atoms with Crippen molar-refractivity contribution in [3.63, 3.8) is 0 Å². The molecule has 0 spiro atoms. The lowest BCUT2D eigenvalue weighted by molar-refractivity contribution is -0.141. The first-order valence-corrected chi connectivity index (χ1v) is 6.72. The molecule has 1 aromatic heterocycles. The summed E-state index contributed by atoms with van der Waals surface area (Å²) >= 11 is 5.61. The Labute approximate surface area is 120 Å². The van der Waals surface area contributed by atoms with Crippen LogP contribution in [0.5, 0.6) is 0 Å². The minimum absolute atomic E-state index is 0.0690. The number of aryl methyl sites for hydroxylation is 1. The van der Waals surface area contributed by atoms with E-state index in [-0.39, 0.29) is 24.6 Å². The summed E-state index contributed by atoms with van der Waals surface area (Å²) in [5.74, 6) is -0.210. The predicted molar refractivity (Wildman–Crippen MR) is 69.5 cm³/mol. The topological polar surface area (TPSA) is 46.9 Å². The summed E-state index contributed by atoms with van der Waals surface area (Å²) in [5, 5.41) is 5.71.